The van der Waals surface area contributed by atoms with Crippen molar-refractivity contribution in [2.45, 2.75) is 44.7 Å². The van der Waals surface area contributed by atoms with E-state index in [0.717, 1.165) is 23.9 Å². The molecule has 0 bridgehead atoms. The summed E-state index contributed by atoms with van der Waals surface area (Å²) in [6.45, 7) is 0.849. The molecular formula is C15H19BrN2. The molecule has 2 nitrogen and oxygen atoms in total. The van der Waals surface area contributed by atoms with E-state index in [2.05, 4.69) is 45.5 Å². The zero-order chi connectivity index (χ0) is 12.8. The van der Waals surface area contributed by atoms with Crippen LogP contribution in [0, 0.1) is 17.2 Å². The minimum absolute atomic E-state index is 0.180. The Bertz CT molecular complexity index is 425. The van der Waals surface area contributed by atoms with Gasteiger partial charge in [0.15, 0.2) is 0 Å². The molecule has 1 saturated carbocycles. The molecule has 1 aromatic carbocycles. The number of nitriles is 1. The zero-order valence-electron chi connectivity index (χ0n) is 10.5. The van der Waals surface area contributed by atoms with Crippen LogP contribution in [0.25, 0.3) is 0 Å². The summed E-state index contributed by atoms with van der Waals surface area (Å²) in [6, 6.07) is 11.2. The average molecular weight is 307 g/mol. The Kier molecular flexibility index (Phi) is 5.22. The standard InChI is InChI=1S/C15H19BrN2/c16-14-7-4-5-12(9-14)11-18-15-8-3-1-2-6-13(15)10-17/h4-5,7,9,13,15,18H,1-3,6,8,11H2. The maximum atomic E-state index is 9.23. The van der Waals surface area contributed by atoms with Gasteiger partial charge in [0.05, 0.1) is 12.0 Å². The van der Waals surface area contributed by atoms with Gasteiger partial charge in [0, 0.05) is 17.1 Å². The van der Waals surface area contributed by atoms with Crippen molar-refractivity contribution in [2.75, 3.05) is 0 Å². The van der Waals surface area contributed by atoms with Crippen molar-refractivity contribution < 1.29 is 0 Å². The van der Waals surface area contributed by atoms with Gasteiger partial charge in [0.2, 0.25) is 0 Å². The van der Waals surface area contributed by atoms with Gasteiger partial charge < -0.3 is 5.32 Å². The lowest BCUT2D eigenvalue weighted by Gasteiger charge is -2.21. The molecule has 0 spiro atoms. The van der Waals surface area contributed by atoms with Crippen molar-refractivity contribution in [2.24, 2.45) is 5.92 Å². The van der Waals surface area contributed by atoms with Crippen molar-refractivity contribution in [1.82, 2.24) is 5.32 Å². The second-order valence-corrected chi connectivity index (χ2v) is 5.91. The minimum Gasteiger partial charge on any atom is -0.309 e. The van der Waals surface area contributed by atoms with Crippen LogP contribution in [0.3, 0.4) is 0 Å². The number of hydrogen-bond donors (Lipinski definition) is 1. The quantitative estimate of drug-likeness (QED) is 0.856. The van der Waals surface area contributed by atoms with Crippen LogP contribution in [0.2, 0.25) is 0 Å². The van der Waals surface area contributed by atoms with Gasteiger partial charge in [-0.3, -0.25) is 0 Å². The van der Waals surface area contributed by atoms with E-state index >= 15 is 0 Å². The lowest BCUT2D eigenvalue weighted by atomic mass is 9.96. The number of hydrogen-bond acceptors (Lipinski definition) is 2. The lowest BCUT2D eigenvalue weighted by molar-refractivity contribution is 0.393. The highest BCUT2D eigenvalue weighted by Gasteiger charge is 2.22. The lowest BCUT2D eigenvalue weighted by Crippen LogP contribution is -2.34. The Morgan fingerprint density at radius 2 is 2.11 bits per heavy atom. The second-order valence-electron chi connectivity index (χ2n) is 4.99. The Hall–Kier alpha value is -0.850. The molecule has 0 aromatic heterocycles. The highest BCUT2D eigenvalue weighted by atomic mass is 79.9. The third kappa shape index (κ3) is 3.83. The Balaban J connectivity index is 1.93. The molecule has 3 heteroatoms. The summed E-state index contributed by atoms with van der Waals surface area (Å²) >= 11 is 3.49. The maximum Gasteiger partial charge on any atom is 0.0672 e. The molecule has 18 heavy (non-hydrogen) atoms. The molecule has 1 aliphatic carbocycles. The highest BCUT2D eigenvalue weighted by Crippen LogP contribution is 2.23. The van der Waals surface area contributed by atoms with Gasteiger partial charge in [0.25, 0.3) is 0 Å². The van der Waals surface area contributed by atoms with Crippen LogP contribution in [0.15, 0.2) is 28.7 Å². The van der Waals surface area contributed by atoms with Crippen molar-refractivity contribution in [3.05, 3.63) is 34.3 Å². The number of nitrogens with zero attached hydrogens (tertiary/aromatic N) is 1. The first-order chi connectivity index (χ1) is 8.79. The molecule has 2 rings (SSSR count). The van der Waals surface area contributed by atoms with Crippen LogP contribution < -0.4 is 5.32 Å². The van der Waals surface area contributed by atoms with Gasteiger partial charge in [-0.1, -0.05) is 47.3 Å². The van der Waals surface area contributed by atoms with E-state index < -0.39 is 0 Å². The van der Waals surface area contributed by atoms with Crippen LogP contribution in [0.1, 0.15) is 37.7 Å². The summed E-state index contributed by atoms with van der Waals surface area (Å²) in [5, 5.41) is 12.8. The molecule has 2 unspecified atom stereocenters. The molecule has 1 aromatic rings. The number of rotatable bonds is 3. The molecule has 96 valence electrons. The molecule has 2 atom stereocenters. The normalized spacial score (nSPS) is 24.2. The van der Waals surface area contributed by atoms with Crippen molar-refractivity contribution >= 4 is 15.9 Å². The molecule has 0 saturated heterocycles. The average Bonchev–Trinajstić information content (AvgIpc) is 2.61. The zero-order valence-corrected chi connectivity index (χ0v) is 12.1. The van der Waals surface area contributed by atoms with Crippen LogP contribution in [-0.2, 0) is 6.54 Å². The third-order valence-corrected chi connectivity index (χ3v) is 4.13. The van der Waals surface area contributed by atoms with E-state index in [4.69, 9.17) is 0 Å². The minimum atomic E-state index is 0.180. The Labute approximate surface area is 118 Å². The Morgan fingerprint density at radius 3 is 2.89 bits per heavy atom. The summed E-state index contributed by atoms with van der Waals surface area (Å²) in [5.74, 6) is 0.180. The summed E-state index contributed by atoms with van der Waals surface area (Å²) in [4.78, 5) is 0. The first-order valence-electron chi connectivity index (χ1n) is 6.67. The Morgan fingerprint density at radius 1 is 1.28 bits per heavy atom. The van der Waals surface area contributed by atoms with Crippen molar-refractivity contribution in [3.63, 3.8) is 0 Å². The highest BCUT2D eigenvalue weighted by molar-refractivity contribution is 9.10. The molecule has 0 heterocycles. The summed E-state index contributed by atoms with van der Waals surface area (Å²) in [7, 11) is 0. The number of nitrogens with one attached hydrogen (secondary N) is 1. The predicted octanol–water partition coefficient (Wildman–Crippen LogP) is 4.01. The topological polar surface area (TPSA) is 35.8 Å². The second kappa shape index (κ2) is 6.92. The van der Waals surface area contributed by atoms with Gasteiger partial charge in [0.1, 0.15) is 0 Å². The molecule has 0 aliphatic heterocycles. The fraction of sp³-hybridized carbons (Fsp3) is 0.533. The van der Waals surface area contributed by atoms with Crippen LogP contribution >= 0.6 is 15.9 Å². The van der Waals surface area contributed by atoms with Crippen molar-refractivity contribution in [3.8, 4) is 6.07 Å². The van der Waals surface area contributed by atoms with E-state index in [0.29, 0.717) is 6.04 Å². The van der Waals surface area contributed by atoms with E-state index in [1.165, 1.54) is 24.8 Å². The first-order valence-corrected chi connectivity index (χ1v) is 7.46. The van der Waals surface area contributed by atoms with Gasteiger partial charge in [-0.15, -0.1) is 0 Å². The largest absolute Gasteiger partial charge is 0.309 e. The van der Waals surface area contributed by atoms with E-state index in [1.807, 2.05) is 6.07 Å². The van der Waals surface area contributed by atoms with Crippen LogP contribution in [0.5, 0.6) is 0 Å². The summed E-state index contributed by atoms with van der Waals surface area (Å²) in [6.07, 6.45) is 5.90. The van der Waals surface area contributed by atoms with E-state index in [-0.39, 0.29) is 5.92 Å². The maximum absolute atomic E-state index is 9.23. The van der Waals surface area contributed by atoms with Gasteiger partial charge in [-0.05, 0) is 30.5 Å². The third-order valence-electron chi connectivity index (χ3n) is 3.64. The molecule has 1 N–H and O–H groups in total. The van der Waals surface area contributed by atoms with Gasteiger partial charge in [-0.25, -0.2) is 0 Å². The first kappa shape index (κ1) is 13.6. The summed E-state index contributed by atoms with van der Waals surface area (Å²) in [5.41, 5.74) is 1.27. The molecule has 1 aliphatic rings. The number of halogens is 1. The van der Waals surface area contributed by atoms with Gasteiger partial charge >= 0.3 is 0 Å². The monoisotopic (exact) mass is 306 g/mol. The molecule has 1 fully saturated rings. The molecule has 0 radical (unpaired) electrons. The predicted molar refractivity (Wildman–Crippen MR) is 77.0 cm³/mol. The van der Waals surface area contributed by atoms with Gasteiger partial charge in [-0.2, -0.15) is 5.26 Å². The fourth-order valence-corrected chi connectivity index (χ4v) is 3.05. The fourth-order valence-electron chi connectivity index (χ4n) is 2.60. The molecule has 0 amide bonds. The smallest absolute Gasteiger partial charge is 0.0672 e. The van der Waals surface area contributed by atoms with E-state index in [9.17, 15) is 5.26 Å². The summed E-state index contributed by atoms with van der Waals surface area (Å²) < 4.78 is 1.11. The number of benzene rings is 1. The SMILES string of the molecule is N#CC1CCCCCC1NCc1cccc(Br)c1. The van der Waals surface area contributed by atoms with Crippen LogP contribution in [-0.4, -0.2) is 6.04 Å². The molecular weight excluding hydrogens is 288 g/mol. The van der Waals surface area contributed by atoms with E-state index in [1.54, 1.807) is 0 Å². The van der Waals surface area contributed by atoms with Crippen LogP contribution in [0.4, 0.5) is 0 Å². The van der Waals surface area contributed by atoms with Crippen molar-refractivity contribution in [1.29, 1.82) is 5.26 Å².